The molecule has 0 aliphatic carbocycles. The van der Waals surface area contributed by atoms with Crippen molar-refractivity contribution >= 4 is 29.9 Å². The van der Waals surface area contributed by atoms with Gasteiger partial charge >= 0.3 is 6.18 Å². The Kier molecular flexibility index (Phi) is 12.0. The average molecular weight is 467 g/mol. The highest BCUT2D eigenvalue weighted by Gasteiger charge is 2.34. The standard InChI is InChI=1S/C15H28F3N3O2.HI/c1-2-19-13(20-8-4-3-5-15(16,17)18)21-11-14(6-9-22)7-10-23-12-14;/h22H,2-12H2,1H3,(H2,19,20,21);1H. The molecule has 1 fully saturated rings. The first-order valence-electron chi connectivity index (χ1n) is 8.18. The van der Waals surface area contributed by atoms with Gasteiger partial charge in [-0.1, -0.05) is 0 Å². The Labute approximate surface area is 158 Å². The number of hydrogen-bond acceptors (Lipinski definition) is 3. The highest BCUT2D eigenvalue weighted by molar-refractivity contribution is 14.0. The SMILES string of the molecule is CCNC(=NCC1(CCO)CCOC1)NCCCCC(F)(F)F.I. The van der Waals surface area contributed by atoms with Gasteiger partial charge in [0.1, 0.15) is 0 Å². The maximum Gasteiger partial charge on any atom is 0.389 e. The molecule has 0 aromatic heterocycles. The molecule has 1 heterocycles. The van der Waals surface area contributed by atoms with Crippen molar-refractivity contribution in [2.45, 2.75) is 45.2 Å². The fourth-order valence-electron chi connectivity index (χ4n) is 2.53. The van der Waals surface area contributed by atoms with Crippen molar-refractivity contribution in [3.8, 4) is 0 Å². The lowest BCUT2D eigenvalue weighted by atomic mass is 9.84. The number of ether oxygens (including phenoxy) is 1. The Hall–Kier alpha value is -0.290. The fraction of sp³-hybridized carbons (Fsp3) is 0.933. The minimum Gasteiger partial charge on any atom is -0.396 e. The summed E-state index contributed by atoms with van der Waals surface area (Å²) in [6.45, 7) is 4.96. The van der Waals surface area contributed by atoms with Gasteiger partial charge in [0.2, 0.25) is 0 Å². The lowest BCUT2D eigenvalue weighted by Gasteiger charge is -2.24. The van der Waals surface area contributed by atoms with Crippen LogP contribution in [-0.4, -0.2) is 56.7 Å². The molecule has 24 heavy (non-hydrogen) atoms. The van der Waals surface area contributed by atoms with Crippen molar-refractivity contribution in [2.75, 3.05) is 39.5 Å². The van der Waals surface area contributed by atoms with Crippen LogP contribution in [0.5, 0.6) is 0 Å². The number of nitrogens with one attached hydrogen (secondary N) is 2. The smallest absolute Gasteiger partial charge is 0.389 e. The van der Waals surface area contributed by atoms with E-state index in [4.69, 9.17) is 4.74 Å². The molecule has 0 aromatic rings. The minimum absolute atomic E-state index is 0. The van der Waals surface area contributed by atoms with Gasteiger partial charge in [0.05, 0.1) is 13.2 Å². The zero-order chi connectivity index (χ0) is 17.2. The van der Waals surface area contributed by atoms with Crippen LogP contribution < -0.4 is 10.6 Å². The average Bonchev–Trinajstić information content (AvgIpc) is 2.92. The summed E-state index contributed by atoms with van der Waals surface area (Å²) in [7, 11) is 0. The second-order valence-corrected chi connectivity index (χ2v) is 5.97. The topological polar surface area (TPSA) is 65.9 Å². The third-order valence-corrected chi connectivity index (χ3v) is 3.92. The van der Waals surface area contributed by atoms with Gasteiger partial charge in [0.15, 0.2) is 5.96 Å². The van der Waals surface area contributed by atoms with Crippen molar-refractivity contribution in [1.29, 1.82) is 0 Å². The van der Waals surface area contributed by atoms with E-state index >= 15 is 0 Å². The van der Waals surface area contributed by atoms with E-state index < -0.39 is 12.6 Å². The summed E-state index contributed by atoms with van der Waals surface area (Å²) in [5.41, 5.74) is -0.132. The number of nitrogens with zero attached hydrogens (tertiary/aromatic N) is 1. The predicted molar refractivity (Wildman–Crippen MR) is 98.9 cm³/mol. The molecule has 1 aliphatic rings. The van der Waals surface area contributed by atoms with Crippen LogP contribution in [0.3, 0.4) is 0 Å². The van der Waals surface area contributed by atoms with E-state index in [1.807, 2.05) is 6.92 Å². The van der Waals surface area contributed by atoms with Crippen molar-refractivity contribution in [3.05, 3.63) is 0 Å². The van der Waals surface area contributed by atoms with Crippen LogP contribution in [0.1, 0.15) is 39.0 Å². The molecule has 1 unspecified atom stereocenters. The largest absolute Gasteiger partial charge is 0.396 e. The lowest BCUT2D eigenvalue weighted by molar-refractivity contribution is -0.135. The molecule has 144 valence electrons. The summed E-state index contributed by atoms with van der Waals surface area (Å²) in [5.74, 6) is 0.601. The molecule has 1 rings (SSSR count). The van der Waals surface area contributed by atoms with Crippen LogP contribution in [0.2, 0.25) is 0 Å². The monoisotopic (exact) mass is 467 g/mol. The molecule has 3 N–H and O–H groups in total. The lowest BCUT2D eigenvalue weighted by Crippen LogP contribution is -2.39. The zero-order valence-electron chi connectivity index (χ0n) is 14.1. The summed E-state index contributed by atoms with van der Waals surface area (Å²) in [5, 5.41) is 15.3. The first kappa shape index (κ1) is 23.7. The highest BCUT2D eigenvalue weighted by atomic mass is 127. The maximum absolute atomic E-state index is 12.1. The first-order chi connectivity index (χ1) is 10.9. The summed E-state index contributed by atoms with van der Waals surface area (Å²) in [4.78, 5) is 4.51. The van der Waals surface area contributed by atoms with Crippen LogP contribution in [0, 0.1) is 5.41 Å². The van der Waals surface area contributed by atoms with Crippen LogP contribution in [-0.2, 0) is 4.74 Å². The molecule has 0 bridgehead atoms. The van der Waals surface area contributed by atoms with E-state index in [0.717, 1.165) is 6.42 Å². The third-order valence-electron chi connectivity index (χ3n) is 3.92. The van der Waals surface area contributed by atoms with Gasteiger partial charge in [-0.05, 0) is 32.6 Å². The number of alkyl halides is 3. The maximum atomic E-state index is 12.1. The van der Waals surface area contributed by atoms with E-state index in [1.165, 1.54) is 0 Å². The van der Waals surface area contributed by atoms with Gasteiger partial charge in [0.25, 0.3) is 0 Å². The highest BCUT2D eigenvalue weighted by Crippen LogP contribution is 2.32. The van der Waals surface area contributed by atoms with Crippen molar-refractivity contribution in [1.82, 2.24) is 10.6 Å². The number of hydrogen-bond donors (Lipinski definition) is 3. The van der Waals surface area contributed by atoms with Gasteiger partial charge < -0.3 is 20.5 Å². The second-order valence-electron chi connectivity index (χ2n) is 5.97. The van der Waals surface area contributed by atoms with E-state index in [0.29, 0.717) is 51.6 Å². The van der Waals surface area contributed by atoms with Crippen LogP contribution >= 0.6 is 24.0 Å². The Morgan fingerprint density at radius 3 is 2.58 bits per heavy atom. The third kappa shape index (κ3) is 9.87. The second kappa shape index (κ2) is 12.1. The zero-order valence-corrected chi connectivity index (χ0v) is 16.5. The Morgan fingerprint density at radius 2 is 2.04 bits per heavy atom. The molecule has 1 aliphatic heterocycles. The number of rotatable bonds is 9. The molecule has 5 nitrogen and oxygen atoms in total. The molecule has 1 saturated heterocycles. The van der Waals surface area contributed by atoms with Crippen LogP contribution in [0.4, 0.5) is 13.2 Å². The number of guanidine groups is 1. The van der Waals surface area contributed by atoms with Crippen molar-refractivity contribution < 1.29 is 23.0 Å². The summed E-state index contributed by atoms with van der Waals surface area (Å²) in [6, 6.07) is 0. The van der Waals surface area contributed by atoms with E-state index in [9.17, 15) is 18.3 Å². The first-order valence-corrected chi connectivity index (χ1v) is 8.18. The fourth-order valence-corrected chi connectivity index (χ4v) is 2.53. The van der Waals surface area contributed by atoms with E-state index in [2.05, 4.69) is 15.6 Å². The van der Waals surface area contributed by atoms with Crippen molar-refractivity contribution in [2.24, 2.45) is 10.4 Å². The van der Waals surface area contributed by atoms with Gasteiger partial charge in [-0.2, -0.15) is 13.2 Å². The molecular formula is C15H29F3IN3O2. The molecular weight excluding hydrogens is 438 g/mol. The van der Waals surface area contributed by atoms with E-state index in [-0.39, 0.29) is 42.4 Å². The number of aliphatic hydroxyl groups excluding tert-OH is 1. The molecule has 0 spiro atoms. The molecule has 0 aromatic carbocycles. The Bertz CT molecular complexity index is 362. The normalized spacial score (nSPS) is 21.5. The molecule has 0 amide bonds. The number of aliphatic hydroxyl groups is 1. The number of aliphatic imine (C=N–C) groups is 1. The number of unbranched alkanes of at least 4 members (excludes halogenated alkanes) is 1. The Morgan fingerprint density at radius 1 is 1.29 bits per heavy atom. The van der Waals surface area contributed by atoms with Gasteiger partial charge in [-0.15, -0.1) is 24.0 Å². The van der Waals surface area contributed by atoms with Gasteiger partial charge in [-0.3, -0.25) is 4.99 Å². The summed E-state index contributed by atoms with van der Waals surface area (Å²) < 4.78 is 41.7. The molecule has 0 saturated carbocycles. The van der Waals surface area contributed by atoms with Crippen molar-refractivity contribution in [3.63, 3.8) is 0 Å². The van der Waals surface area contributed by atoms with Crippen LogP contribution in [0.15, 0.2) is 4.99 Å². The number of halogens is 4. The molecule has 9 heteroatoms. The molecule has 1 atom stereocenters. The summed E-state index contributed by atoms with van der Waals surface area (Å²) in [6.07, 6.45) is -2.78. The Balaban J connectivity index is 0.00000529. The minimum atomic E-state index is -4.09. The van der Waals surface area contributed by atoms with Gasteiger partial charge in [-0.25, -0.2) is 0 Å². The summed E-state index contributed by atoms with van der Waals surface area (Å²) >= 11 is 0. The molecule has 0 radical (unpaired) electrons. The predicted octanol–water partition coefficient (Wildman–Crippen LogP) is 2.68. The van der Waals surface area contributed by atoms with Gasteiger partial charge in [0, 0.05) is 38.1 Å². The van der Waals surface area contributed by atoms with E-state index in [1.54, 1.807) is 0 Å². The van der Waals surface area contributed by atoms with Crippen LogP contribution in [0.25, 0.3) is 0 Å². The quantitative estimate of drug-likeness (QED) is 0.211.